The lowest BCUT2D eigenvalue weighted by Crippen LogP contribution is -2.05. The smallest absolute Gasteiger partial charge is 0.134 e. The van der Waals surface area contributed by atoms with E-state index in [1.807, 2.05) is 60.7 Å². The molecule has 1 heterocycles. The number of anilines is 2. The van der Waals surface area contributed by atoms with Crippen LogP contribution in [0.25, 0.3) is 11.3 Å². The van der Waals surface area contributed by atoms with E-state index in [-0.39, 0.29) is 0 Å². The molecule has 2 aromatic carbocycles. The van der Waals surface area contributed by atoms with Gasteiger partial charge in [-0.15, -0.1) is 0 Å². The quantitative estimate of drug-likeness (QED) is 0.454. The topological polar surface area (TPSA) is 90.1 Å². The van der Waals surface area contributed by atoms with Gasteiger partial charge in [0.2, 0.25) is 0 Å². The van der Waals surface area contributed by atoms with E-state index in [9.17, 15) is 4.21 Å². The molecule has 31 heavy (non-hydrogen) atoms. The van der Waals surface area contributed by atoms with Gasteiger partial charge in [0, 0.05) is 17.3 Å². The van der Waals surface area contributed by atoms with Gasteiger partial charge in [-0.1, -0.05) is 55.7 Å². The summed E-state index contributed by atoms with van der Waals surface area (Å²) >= 11 is 0. The van der Waals surface area contributed by atoms with Gasteiger partial charge in [-0.2, -0.15) is 0 Å². The Bertz CT molecular complexity index is 1110. The van der Waals surface area contributed by atoms with Crippen LogP contribution in [-0.2, 0) is 16.7 Å². The minimum absolute atomic E-state index is 0.324. The molecule has 7 heteroatoms. The van der Waals surface area contributed by atoms with Crippen molar-refractivity contribution in [2.45, 2.75) is 5.75 Å². The van der Waals surface area contributed by atoms with Gasteiger partial charge in [-0.05, 0) is 35.4 Å². The Balaban J connectivity index is 1.78. The van der Waals surface area contributed by atoms with Crippen LogP contribution >= 0.6 is 0 Å². The maximum absolute atomic E-state index is 11.2. The van der Waals surface area contributed by atoms with Crippen molar-refractivity contribution in [3.63, 3.8) is 0 Å². The first kappa shape index (κ1) is 22.1. The number of nitrogens with one attached hydrogen (secondary N) is 1. The van der Waals surface area contributed by atoms with Gasteiger partial charge in [0.1, 0.15) is 24.5 Å². The minimum Gasteiger partial charge on any atom is -0.488 e. The average molecular weight is 433 g/mol. The Kier molecular flexibility index (Phi) is 7.86. The van der Waals surface area contributed by atoms with Crippen LogP contribution in [0, 0.1) is 0 Å². The monoisotopic (exact) mass is 432 g/mol. The van der Waals surface area contributed by atoms with Gasteiger partial charge in [-0.3, -0.25) is 5.14 Å². The Morgan fingerprint density at radius 1 is 1.13 bits per heavy atom. The maximum atomic E-state index is 11.2. The van der Waals surface area contributed by atoms with Crippen molar-refractivity contribution < 1.29 is 8.95 Å². The summed E-state index contributed by atoms with van der Waals surface area (Å²) in [4.78, 5) is 8.72. The van der Waals surface area contributed by atoms with Gasteiger partial charge in [-0.25, -0.2) is 14.2 Å². The average Bonchev–Trinajstić information content (AvgIpc) is 2.78. The fourth-order valence-electron chi connectivity index (χ4n) is 2.86. The molecule has 0 saturated heterocycles. The van der Waals surface area contributed by atoms with E-state index in [4.69, 9.17) is 9.88 Å². The van der Waals surface area contributed by atoms with Gasteiger partial charge in [0.15, 0.2) is 0 Å². The molecular weight excluding hydrogens is 408 g/mol. The van der Waals surface area contributed by atoms with Crippen molar-refractivity contribution in [2.24, 2.45) is 5.14 Å². The number of rotatable bonds is 10. The molecule has 3 N–H and O–H groups in total. The largest absolute Gasteiger partial charge is 0.488 e. The Labute approximate surface area is 184 Å². The Morgan fingerprint density at radius 2 is 1.90 bits per heavy atom. The van der Waals surface area contributed by atoms with Crippen molar-refractivity contribution >= 4 is 22.5 Å². The molecule has 3 aromatic rings. The molecule has 0 radical (unpaired) electrons. The zero-order valence-corrected chi connectivity index (χ0v) is 17.8. The molecule has 0 aliphatic carbocycles. The highest BCUT2D eigenvalue weighted by Crippen LogP contribution is 2.30. The van der Waals surface area contributed by atoms with E-state index in [0.29, 0.717) is 23.9 Å². The van der Waals surface area contributed by atoms with Crippen LogP contribution in [0.2, 0.25) is 0 Å². The molecular formula is C24H24N4O2S. The summed E-state index contributed by atoms with van der Waals surface area (Å²) in [5.41, 5.74) is 4.28. The highest BCUT2D eigenvalue weighted by molar-refractivity contribution is 7.81. The molecule has 0 amide bonds. The van der Waals surface area contributed by atoms with Crippen molar-refractivity contribution in [3.8, 4) is 17.0 Å². The summed E-state index contributed by atoms with van der Waals surface area (Å²) in [6.07, 6.45) is 6.82. The van der Waals surface area contributed by atoms with E-state index >= 15 is 0 Å². The fourth-order valence-corrected chi connectivity index (χ4v) is 3.38. The molecule has 0 bridgehead atoms. The van der Waals surface area contributed by atoms with Crippen LogP contribution in [0.15, 0.2) is 97.9 Å². The molecule has 1 atom stereocenters. The molecule has 3 rings (SSSR count). The van der Waals surface area contributed by atoms with Gasteiger partial charge < -0.3 is 10.1 Å². The summed E-state index contributed by atoms with van der Waals surface area (Å²) in [6, 6.07) is 17.1. The summed E-state index contributed by atoms with van der Waals surface area (Å²) < 4.78 is 17.2. The second kappa shape index (κ2) is 11.0. The molecule has 158 valence electrons. The normalized spacial score (nSPS) is 12.1. The minimum atomic E-state index is -1.36. The highest BCUT2D eigenvalue weighted by atomic mass is 32.2. The third-order valence-corrected chi connectivity index (χ3v) is 4.97. The number of benzene rings is 2. The zero-order chi connectivity index (χ0) is 22.1. The first-order chi connectivity index (χ1) is 15.1. The lowest BCUT2D eigenvalue weighted by Gasteiger charge is -2.12. The van der Waals surface area contributed by atoms with Gasteiger partial charge in [0.05, 0.1) is 22.4 Å². The summed E-state index contributed by atoms with van der Waals surface area (Å²) in [6.45, 7) is 7.88. The zero-order valence-electron chi connectivity index (χ0n) is 17.0. The second-order valence-electron chi connectivity index (χ2n) is 6.60. The van der Waals surface area contributed by atoms with Crippen molar-refractivity contribution in [2.75, 3.05) is 11.9 Å². The predicted molar refractivity (Wildman–Crippen MR) is 127 cm³/mol. The van der Waals surface area contributed by atoms with E-state index < -0.39 is 11.0 Å². The number of nitrogens with two attached hydrogens (primary N) is 1. The number of aromatic nitrogens is 2. The van der Waals surface area contributed by atoms with Crippen molar-refractivity contribution in [1.82, 2.24) is 9.97 Å². The van der Waals surface area contributed by atoms with Crippen LogP contribution in [0.3, 0.4) is 0 Å². The molecule has 6 nitrogen and oxygen atoms in total. The molecule has 1 unspecified atom stereocenters. The predicted octanol–water partition coefficient (Wildman–Crippen LogP) is 4.69. The van der Waals surface area contributed by atoms with E-state index in [0.717, 1.165) is 28.1 Å². The number of nitrogens with zero attached hydrogens (tertiary/aromatic N) is 2. The van der Waals surface area contributed by atoms with Crippen LogP contribution < -0.4 is 15.2 Å². The number of allylic oxidation sites excluding steroid dienone is 2. The summed E-state index contributed by atoms with van der Waals surface area (Å²) in [5, 5.41) is 8.61. The van der Waals surface area contributed by atoms with Crippen LogP contribution in [-0.4, -0.2) is 20.8 Å². The molecule has 1 aromatic heterocycles. The fraction of sp³-hybridized carbons (Fsp3) is 0.0833. The molecule has 0 spiro atoms. The number of para-hydroxylation sites is 1. The SMILES string of the molecule is C=C/C=C(\C=C)COc1ccccc1-c1cc(Nc2ccc(CS(N)=O)cc2)ncn1. The Hall–Kier alpha value is -3.55. The van der Waals surface area contributed by atoms with Crippen molar-refractivity contribution in [1.29, 1.82) is 0 Å². The lowest BCUT2D eigenvalue weighted by molar-refractivity contribution is 0.357. The standard InChI is InChI=1S/C24H24N4O2S/c1-3-7-18(4-2)15-30-23-9-6-5-8-21(23)22-14-24(27-17-26-22)28-20-12-10-19(11-13-20)16-31(25)29/h3-14,17H,1-2,15-16,25H2,(H,26,27,28)/b18-7+. The summed E-state index contributed by atoms with van der Waals surface area (Å²) in [5.74, 6) is 1.68. The third kappa shape index (κ3) is 6.47. The van der Waals surface area contributed by atoms with E-state index in [1.54, 1.807) is 12.2 Å². The highest BCUT2D eigenvalue weighted by Gasteiger charge is 2.09. The number of ether oxygens (including phenoxy) is 1. The third-order valence-electron chi connectivity index (χ3n) is 4.35. The molecule has 0 fully saturated rings. The first-order valence-corrected chi connectivity index (χ1v) is 10.9. The van der Waals surface area contributed by atoms with Crippen LogP contribution in [0.5, 0.6) is 5.75 Å². The van der Waals surface area contributed by atoms with E-state index in [1.165, 1.54) is 6.33 Å². The summed E-state index contributed by atoms with van der Waals surface area (Å²) in [7, 11) is -1.36. The second-order valence-corrected chi connectivity index (χ2v) is 7.65. The van der Waals surface area contributed by atoms with Crippen LogP contribution in [0.4, 0.5) is 11.5 Å². The number of hydrogen-bond donors (Lipinski definition) is 2. The van der Waals surface area contributed by atoms with Crippen LogP contribution in [0.1, 0.15) is 5.56 Å². The maximum Gasteiger partial charge on any atom is 0.134 e. The van der Waals surface area contributed by atoms with Gasteiger partial charge in [0.25, 0.3) is 0 Å². The molecule has 0 aliphatic rings. The van der Waals surface area contributed by atoms with Crippen molar-refractivity contribution in [3.05, 3.63) is 103 Å². The number of hydrogen-bond acceptors (Lipinski definition) is 5. The Morgan fingerprint density at radius 3 is 2.61 bits per heavy atom. The first-order valence-electron chi connectivity index (χ1n) is 9.56. The lowest BCUT2D eigenvalue weighted by atomic mass is 10.1. The van der Waals surface area contributed by atoms with Gasteiger partial charge >= 0.3 is 0 Å². The van der Waals surface area contributed by atoms with E-state index in [2.05, 4.69) is 28.4 Å². The molecule has 0 aliphatic heterocycles. The molecule has 0 saturated carbocycles.